The molecule has 5 nitrogen and oxygen atoms in total. The average molecular weight is 746 g/mol. The second-order valence-electron chi connectivity index (χ2n) is 15.9. The third-order valence-electron chi connectivity index (χ3n) is 12.7. The zero-order chi connectivity index (χ0) is 38.4. The molecule has 3 aromatic heterocycles. The Bertz CT molecular complexity index is 3340. The van der Waals surface area contributed by atoms with Crippen LogP contribution in [0.1, 0.15) is 48.8 Å². The van der Waals surface area contributed by atoms with Gasteiger partial charge in [0.05, 0.1) is 23.0 Å². The van der Waals surface area contributed by atoms with E-state index in [1.54, 1.807) is 0 Å². The highest BCUT2D eigenvalue weighted by molar-refractivity contribution is 6.11. The Morgan fingerprint density at radius 2 is 1.24 bits per heavy atom. The molecule has 58 heavy (non-hydrogen) atoms. The minimum atomic E-state index is -0.0417. The summed E-state index contributed by atoms with van der Waals surface area (Å²) in [6.07, 6.45) is 5.90. The van der Waals surface area contributed by atoms with E-state index in [-0.39, 0.29) is 5.41 Å². The van der Waals surface area contributed by atoms with E-state index in [4.69, 9.17) is 18.8 Å². The fraction of sp³-hybridized carbons (Fsp3) is 0.113. The van der Waals surface area contributed by atoms with Crippen molar-refractivity contribution in [2.24, 2.45) is 0 Å². The van der Waals surface area contributed by atoms with E-state index in [1.807, 2.05) is 54.6 Å². The molecule has 2 aliphatic carbocycles. The summed E-state index contributed by atoms with van der Waals surface area (Å²) in [4.78, 5) is 10.3. The number of rotatable bonds is 4. The van der Waals surface area contributed by atoms with Crippen LogP contribution in [0.3, 0.4) is 0 Å². The highest BCUT2D eigenvalue weighted by atomic mass is 16.3. The molecule has 3 heterocycles. The number of aromatic nitrogens is 2. The molecule has 7 aromatic carbocycles. The molecule has 0 aliphatic heterocycles. The molecule has 0 amide bonds. The Balaban J connectivity index is 1.01. The van der Waals surface area contributed by atoms with Crippen LogP contribution in [0.25, 0.3) is 100 Å². The molecule has 1 saturated carbocycles. The SMILES string of the molecule is N#Cc1ccc2c(c1)C1(CCCCC1)c1cccc(-c3ccc4oc5c(-c6cc(-c7ccc8c(c7)oc7ccccc78)nc(-c7ccccc7)n6)cccc5c4c3)c1-2. The van der Waals surface area contributed by atoms with E-state index in [2.05, 4.69) is 103 Å². The molecule has 1 fully saturated rings. The first kappa shape index (κ1) is 32.9. The molecule has 1 spiro atoms. The lowest BCUT2D eigenvalue weighted by atomic mass is 9.67. The maximum atomic E-state index is 9.88. The van der Waals surface area contributed by atoms with Gasteiger partial charge in [-0.15, -0.1) is 0 Å². The Labute approximate surface area is 334 Å². The van der Waals surface area contributed by atoms with Gasteiger partial charge >= 0.3 is 0 Å². The van der Waals surface area contributed by atoms with Gasteiger partial charge in [-0.2, -0.15) is 5.26 Å². The quantitative estimate of drug-likeness (QED) is 0.179. The maximum absolute atomic E-state index is 9.88. The number of fused-ring (bicyclic) bond motifs is 11. The van der Waals surface area contributed by atoms with Crippen LogP contribution in [0, 0.1) is 11.3 Å². The fourth-order valence-corrected chi connectivity index (χ4v) is 10.1. The van der Waals surface area contributed by atoms with Crippen LogP contribution < -0.4 is 0 Å². The van der Waals surface area contributed by atoms with Gasteiger partial charge in [-0.3, -0.25) is 0 Å². The standard InChI is InChI=1S/C53H35N3O2/c54-31-32-19-22-40-44(27-32)53(25-7-2-8-26-53)43-17-10-14-36(50(40)43)34-21-24-48-42(28-34)39-15-9-16-41(51(39)58-48)46-30-45(55-52(56-46)33-11-3-1-4-12-33)35-20-23-38-37-13-5-6-18-47(37)57-49(38)29-35/h1,3-6,9-24,27-30H,2,7-8,25-26H2. The maximum Gasteiger partial charge on any atom is 0.160 e. The minimum absolute atomic E-state index is 0.0417. The van der Waals surface area contributed by atoms with Crippen molar-refractivity contribution >= 4 is 43.9 Å². The summed E-state index contributed by atoms with van der Waals surface area (Å²) in [6.45, 7) is 0. The Kier molecular flexibility index (Phi) is 7.15. The molecule has 12 rings (SSSR count). The average Bonchev–Trinajstić information content (AvgIpc) is 3.94. The lowest BCUT2D eigenvalue weighted by Crippen LogP contribution is -2.28. The third kappa shape index (κ3) is 4.88. The van der Waals surface area contributed by atoms with Gasteiger partial charge in [0.25, 0.3) is 0 Å². The van der Waals surface area contributed by atoms with Gasteiger partial charge in [0.15, 0.2) is 5.82 Å². The molecule has 0 atom stereocenters. The van der Waals surface area contributed by atoms with Gasteiger partial charge in [0.2, 0.25) is 0 Å². The molecule has 0 unspecified atom stereocenters. The van der Waals surface area contributed by atoms with E-state index in [0.29, 0.717) is 5.82 Å². The monoisotopic (exact) mass is 745 g/mol. The van der Waals surface area contributed by atoms with Crippen molar-refractivity contribution < 1.29 is 8.83 Å². The number of furan rings is 2. The van der Waals surface area contributed by atoms with Crippen molar-refractivity contribution in [3.63, 3.8) is 0 Å². The van der Waals surface area contributed by atoms with Crippen molar-refractivity contribution in [3.05, 3.63) is 168 Å². The summed E-state index contributed by atoms with van der Waals surface area (Å²) in [7, 11) is 0. The highest BCUT2D eigenvalue weighted by Gasteiger charge is 2.44. The van der Waals surface area contributed by atoms with Gasteiger partial charge < -0.3 is 8.83 Å². The topological polar surface area (TPSA) is 75.8 Å². The number of nitrogens with zero attached hydrogens (tertiary/aromatic N) is 3. The summed E-state index contributed by atoms with van der Waals surface area (Å²) in [5.74, 6) is 0.643. The van der Waals surface area contributed by atoms with Crippen LogP contribution in [0.2, 0.25) is 0 Å². The largest absolute Gasteiger partial charge is 0.456 e. The van der Waals surface area contributed by atoms with E-state index >= 15 is 0 Å². The van der Waals surface area contributed by atoms with Gasteiger partial charge in [0, 0.05) is 43.7 Å². The van der Waals surface area contributed by atoms with Crippen LogP contribution in [-0.4, -0.2) is 9.97 Å². The molecule has 2 aliphatic rings. The van der Waals surface area contributed by atoms with Crippen molar-refractivity contribution in [1.82, 2.24) is 9.97 Å². The normalized spacial score (nSPS) is 14.3. The number of hydrogen-bond donors (Lipinski definition) is 0. The van der Waals surface area contributed by atoms with E-state index in [1.165, 1.54) is 47.1 Å². The molecular formula is C53H35N3O2. The van der Waals surface area contributed by atoms with E-state index < -0.39 is 0 Å². The van der Waals surface area contributed by atoms with E-state index in [9.17, 15) is 5.26 Å². The van der Waals surface area contributed by atoms with Crippen LogP contribution in [0.15, 0.2) is 160 Å². The first-order chi connectivity index (χ1) is 28.6. The first-order valence-corrected chi connectivity index (χ1v) is 20.2. The zero-order valence-corrected chi connectivity index (χ0v) is 31.6. The molecule has 0 radical (unpaired) electrons. The third-order valence-corrected chi connectivity index (χ3v) is 12.7. The Morgan fingerprint density at radius 1 is 0.483 bits per heavy atom. The van der Waals surface area contributed by atoms with Crippen molar-refractivity contribution in [2.75, 3.05) is 0 Å². The molecule has 5 heteroatoms. The van der Waals surface area contributed by atoms with Crippen molar-refractivity contribution in [1.29, 1.82) is 5.26 Å². The van der Waals surface area contributed by atoms with Crippen molar-refractivity contribution in [2.45, 2.75) is 37.5 Å². The molecule has 0 saturated heterocycles. The number of para-hydroxylation sites is 2. The predicted molar refractivity (Wildman–Crippen MR) is 232 cm³/mol. The summed E-state index contributed by atoms with van der Waals surface area (Å²) in [6, 6.07) is 55.2. The lowest BCUT2D eigenvalue weighted by Gasteiger charge is -2.36. The minimum Gasteiger partial charge on any atom is -0.456 e. The van der Waals surface area contributed by atoms with Gasteiger partial charge in [-0.25, -0.2) is 9.97 Å². The van der Waals surface area contributed by atoms with Crippen LogP contribution in [0.5, 0.6) is 0 Å². The second-order valence-corrected chi connectivity index (χ2v) is 15.9. The van der Waals surface area contributed by atoms with Crippen LogP contribution in [-0.2, 0) is 5.41 Å². The summed E-state index contributed by atoms with van der Waals surface area (Å²) in [5.41, 5.74) is 16.0. The van der Waals surface area contributed by atoms with Gasteiger partial charge in [0.1, 0.15) is 22.3 Å². The van der Waals surface area contributed by atoms with Gasteiger partial charge in [-0.1, -0.05) is 116 Å². The van der Waals surface area contributed by atoms with Crippen LogP contribution >= 0.6 is 0 Å². The molecule has 10 aromatic rings. The van der Waals surface area contributed by atoms with Gasteiger partial charge in [-0.05, 0) is 101 Å². The smallest absolute Gasteiger partial charge is 0.160 e. The number of hydrogen-bond acceptors (Lipinski definition) is 5. The summed E-state index contributed by atoms with van der Waals surface area (Å²) in [5, 5.41) is 14.2. The summed E-state index contributed by atoms with van der Waals surface area (Å²) < 4.78 is 13.1. The molecule has 274 valence electrons. The Morgan fingerprint density at radius 3 is 2.14 bits per heavy atom. The Hall–Kier alpha value is -7.29. The highest BCUT2D eigenvalue weighted by Crippen LogP contribution is 2.58. The molecule has 0 bridgehead atoms. The first-order valence-electron chi connectivity index (χ1n) is 20.2. The molecular weight excluding hydrogens is 711 g/mol. The number of nitriles is 1. The molecule has 0 N–H and O–H groups in total. The lowest BCUT2D eigenvalue weighted by molar-refractivity contribution is 0.353. The number of benzene rings is 7. The second kappa shape index (κ2) is 12.6. The van der Waals surface area contributed by atoms with Crippen molar-refractivity contribution in [3.8, 4) is 62.2 Å². The summed E-state index contributed by atoms with van der Waals surface area (Å²) >= 11 is 0. The predicted octanol–water partition coefficient (Wildman–Crippen LogP) is 14.0. The van der Waals surface area contributed by atoms with E-state index in [0.717, 1.165) is 95.9 Å². The zero-order valence-electron chi connectivity index (χ0n) is 31.6. The fourth-order valence-electron chi connectivity index (χ4n) is 10.1. The van der Waals surface area contributed by atoms with Crippen LogP contribution in [0.4, 0.5) is 0 Å².